The van der Waals surface area contributed by atoms with Gasteiger partial charge in [0.15, 0.2) is 5.96 Å². The van der Waals surface area contributed by atoms with Crippen molar-refractivity contribution < 1.29 is 9.53 Å². The van der Waals surface area contributed by atoms with Crippen molar-refractivity contribution in [2.24, 2.45) is 4.99 Å². The minimum absolute atomic E-state index is 0. The number of pyridine rings is 1. The van der Waals surface area contributed by atoms with E-state index in [-0.39, 0.29) is 24.0 Å². The Kier molecular flexibility index (Phi) is 12.4. The molecule has 0 atom stereocenters. The Balaban J connectivity index is 0.00000512. The van der Waals surface area contributed by atoms with Crippen molar-refractivity contribution in [1.82, 2.24) is 15.6 Å². The SMILES string of the molecule is CCNC(=NCCc1ccc(NC(=O)OC(C)(C)C)cc1)NCCc1ccc(Cl)nc1.I. The number of nitrogens with one attached hydrogen (secondary N) is 3. The van der Waals surface area contributed by atoms with E-state index in [1.54, 1.807) is 12.3 Å². The highest BCUT2D eigenvalue weighted by Gasteiger charge is 2.16. The smallest absolute Gasteiger partial charge is 0.412 e. The molecule has 0 saturated carbocycles. The molecule has 32 heavy (non-hydrogen) atoms. The molecular weight excluding hydrogens is 541 g/mol. The fraction of sp³-hybridized carbons (Fsp3) is 0.435. The maximum atomic E-state index is 11.8. The summed E-state index contributed by atoms with van der Waals surface area (Å²) < 4.78 is 5.26. The van der Waals surface area contributed by atoms with Crippen LogP contribution in [-0.2, 0) is 17.6 Å². The van der Waals surface area contributed by atoms with Crippen LogP contribution in [0.1, 0.15) is 38.8 Å². The van der Waals surface area contributed by atoms with E-state index < -0.39 is 11.7 Å². The summed E-state index contributed by atoms with van der Waals surface area (Å²) in [5, 5.41) is 9.83. The standard InChI is InChI=1S/C23H32ClN5O2.HI/c1-5-25-21(27-15-13-18-8-11-20(24)28-16-18)26-14-12-17-6-9-19(10-7-17)29-22(30)31-23(2,3)4;/h6-11,16H,5,12-15H2,1-4H3,(H,29,30)(H2,25,26,27);1H. The summed E-state index contributed by atoms with van der Waals surface area (Å²) in [6, 6.07) is 11.5. The van der Waals surface area contributed by atoms with E-state index in [0.29, 0.717) is 17.4 Å². The third kappa shape index (κ3) is 11.5. The van der Waals surface area contributed by atoms with Gasteiger partial charge in [-0.25, -0.2) is 9.78 Å². The molecule has 7 nitrogen and oxygen atoms in total. The average Bonchev–Trinajstić information content (AvgIpc) is 2.69. The van der Waals surface area contributed by atoms with E-state index >= 15 is 0 Å². The average molecular weight is 574 g/mol. The summed E-state index contributed by atoms with van der Waals surface area (Å²) in [6.07, 6.45) is 2.96. The number of nitrogens with zero attached hydrogens (tertiary/aromatic N) is 2. The van der Waals surface area contributed by atoms with Gasteiger partial charge in [0.05, 0.1) is 0 Å². The summed E-state index contributed by atoms with van der Waals surface area (Å²) >= 11 is 5.82. The molecule has 1 aromatic heterocycles. The van der Waals surface area contributed by atoms with Crippen molar-refractivity contribution in [3.8, 4) is 0 Å². The number of carbonyl (C=O) groups excluding carboxylic acids is 1. The van der Waals surface area contributed by atoms with Crippen LogP contribution in [-0.4, -0.2) is 42.3 Å². The first-order chi connectivity index (χ1) is 14.7. The first-order valence-corrected chi connectivity index (χ1v) is 10.8. The quantitative estimate of drug-likeness (QED) is 0.178. The molecule has 1 aromatic carbocycles. The zero-order valence-electron chi connectivity index (χ0n) is 19.1. The van der Waals surface area contributed by atoms with Gasteiger partial charge in [0.25, 0.3) is 0 Å². The highest BCUT2D eigenvalue weighted by atomic mass is 127. The third-order valence-corrected chi connectivity index (χ3v) is 4.33. The zero-order valence-corrected chi connectivity index (χ0v) is 22.2. The number of aromatic nitrogens is 1. The molecule has 1 heterocycles. The Labute approximate surface area is 212 Å². The van der Waals surface area contributed by atoms with Gasteiger partial charge in [-0.1, -0.05) is 29.8 Å². The number of halogens is 2. The second-order valence-corrected chi connectivity index (χ2v) is 8.39. The molecule has 0 aliphatic heterocycles. The molecule has 3 N–H and O–H groups in total. The highest BCUT2D eigenvalue weighted by molar-refractivity contribution is 14.0. The number of guanidine groups is 1. The maximum absolute atomic E-state index is 11.8. The molecule has 0 aliphatic carbocycles. The zero-order chi connectivity index (χ0) is 22.7. The van der Waals surface area contributed by atoms with Crippen LogP contribution in [0.3, 0.4) is 0 Å². The number of aliphatic imine (C=N–C) groups is 1. The van der Waals surface area contributed by atoms with Crippen LogP contribution in [0, 0.1) is 0 Å². The Morgan fingerprint density at radius 1 is 1.06 bits per heavy atom. The van der Waals surface area contributed by atoms with Crippen molar-refractivity contribution in [3.63, 3.8) is 0 Å². The van der Waals surface area contributed by atoms with Crippen LogP contribution < -0.4 is 16.0 Å². The number of benzene rings is 1. The third-order valence-electron chi connectivity index (χ3n) is 4.11. The second-order valence-electron chi connectivity index (χ2n) is 8.00. The molecule has 0 fully saturated rings. The fourth-order valence-corrected chi connectivity index (χ4v) is 2.81. The highest BCUT2D eigenvalue weighted by Crippen LogP contribution is 2.13. The van der Waals surface area contributed by atoms with Crippen molar-refractivity contribution in [2.45, 2.75) is 46.1 Å². The first-order valence-electron chi connectivity index (χ1n) is 10.5. The van der Waals surface area contributed by atoms with Crippen LogP contribution in [0.2, 0.25) is 5.15 Å². The molecule has 0 bridgehead atoms. The molecular formula is C23H33ClIN5O2. The lowest BCUT2D eigenvalue weighted by atomic mass is 10.1. The Hall–Kier alpha value is -2.07. The Morgan fingerprint density at radius 3 is 2.34 bits per heavy atom. The monoisotopic (exact) mass is 573 g/mol. The maximum Gasteiger partial charge on any atom is 0.412 e. The fourth-order valence-electron chi connectivity index (χ4n) is 2.69. The summed E-state index contributed by atoms with van der Waals surface area (Å²) in [5.41, 5.74) is 2.44. The van der Waals surface area contributed by atoms with Crippen LogP contribution in [0.25, 0.3) is 0 Å². The summed E-state index contributed by atoms with van der Waals surface area (Å²) in [6.45, 7) is 9.73. The molecule has 0 aliphatic rings. The van der Waals surface area contributed by atoms with E-state index in [9.17, 15) is 4.79 Å². The van der Waals surface area contributed by atoms with Crippen molar-refractivity contribution in [1.29, 1.82) is 0 Å². The van der Waals surface area contributed by atoms with Gasteiger partial charge in [-0.15, -0.1) is 24.0 Å². The van der Waals surface area contributed by atoms with Crippen LogP contribution >= 0.6 is 35.6 Å². The van der Waals surface area contributed by atoms with Crippen LogP contribution in [0.15, 0.2) is 47.6 Å². The minimum atomic E-state index is -0.522. The van der Waals surface area contributed by atoms with Crippen molar-refractivity contribution in [2.75, 3.05) is 25.0 Å². The van der Waals surface area contributed by atoms with E-state index in [1.807, 2.05) is 58.0 Å². The molecule has 176 valence electrons. The lowest BCUT2D eigenvalue weighted by Gasteiger charge is -2.19. The number of carbonyl (C=O) groups is 1. The summed E-state index contributed by atoms with van der Waals surface area (Å²) in [5.74, 6) is 0.785. The van der Waals surface area contributed by atoms with Crippen LogP contribution in [0.5, 0.6) is 0 Å². The number of hydrogen-bond acceptors (Lipinski definition) is 4. The number of hydrogen-bond donors (Lipinski definition) is 3. The van der Waals surface area contributed by atoms with Gasteiger partial charge in [0.2, 0.25) is 0 Å². The van der Waals surface area contributed by atoms with Gasteiger partial charge in [0, 0.05) is 31.5 Å². The topological polar surface area (TPSA) is 87.6 Å². The number of rotatable bonds is 8. The minimum Gasteiger partial charge on any atom is -0.444 e. The lowest BCUT2D eigenvalue weighted by Crippen LogP contribution is -2.38. The van der Waals surface area contributed by atoms with E-state index in [2.05, 4.69) is 25.9 Å². The number of anilines is 1. The van der Waals surface area contributed by atoms with Gasteiger partial charge in [0.1, 0.15) is 10.8 Å². The normalized spacial score (nSPS) is 11.3. The summed E-state index contributed by atoms with van der Waals surface area (Å²) in [4.78, 5) is 20.6. The largest absolute Gasteiger partial charge is 0.444 e. The molecule has 0 radical (unpaired) electrons. The molecule has 0 spiro atoms. The van der Waals surface area contributed by atoms with Gasteiger partial charge < -0.3 is 15.4 Å². The molecule has 0 saturated heterocycles. The molecule has 9 heteroatoms. The van der Waals surface area contributed by atoms with E-state index in [1.165, 1.54) is 0 Å². The van der Waals surface area contributed by atoms with Crippen LogP contribution in [0.4, 0.5) is 10.5 Å². The second kappa shape index (κ2) is 14.2. The van der Waals surface area contributed by atoms with Gasteiger partial charge in [-0.2, -0.15) is 0 Å². The predicted molar refractivity (Wildman–Crippen MR) is 142 cm³/mol. The Bertz CT molecular complexity index is 852. The first kappa shape index (κ1) is 28.0. The molecule has 2 rings (SSSR count). The van der Waals surface area contributed by atoms with Crippen molar-refractivity contribution >= 4 is 53.3 Å². The number of ether oxygens (including phenoxy) is 1. The molecule has 2 aromatic rings. The number of amides is 1. The lowest BCUT2D eigenvalue weighted by molar-refractivity contribution is 0.0636. The summed E-state index contributed by atoms with van der Waals surface area (Å²) in [7, 11) is 0. The van der Waals surface area contributed by atoms with Crippen molar-refractivity contribution in [3.05, 3.63) is 58.9 Å². The van der Waals surface area contributed by atoms with Gasteiger partial charge >= 0.3 is 6.09 Å². The van der Waals surface area contributed by atoms with Gasteiger partial charge in [-0.05, 0) is 69.9 Å². The van der Waals surface area contributed by atoms with Gasteiger partial charge in [-0.3, -0.25) is 10.3 Å². The predicted octanol–water partition coefficient (Wildman–Crippen LogP) is 5.04. The van der Waals surface area contributed by atoms with E-state index in [4.69, 9.17) is 16.3 Å². The molecule has 1 amide bonds. The molecule has 0 unspecified atom stereocenters. The Morgan fingerprint density at radius 2 is 1.75 bits per heavy atom. The van der Waals surface area contributed by atoms with E-state index in [0.717, 1.165) is 43.0 Å².